The molecule has 0 atom stereocenters. The van der Waals surface area contributed by atoms with Gasteiger partial charge in [0.25, 0.3) is 5.91 Å². The van der Waals surface area contributed by atoms with Crippen LogP contribution in [0.25, 0.3) is 33.2 Å². The molecule has 1 amide bonds. The first-order valence-corrected chi connectivity index (χ1v) is 10.3. The van der Waals surface area contributed by atoms with E-state index in [1.165, 1.54) is 6.07 Å². The molecule has 0 bridgehead atoms. The van der Waals surface area contributed by atoms with E-state index in [0.717, 1.165) is 27.6 Å². The number of nitrogens with zero attached hydrogens (tertiary/aromatic N) is 2. The number of carbonyl (C=O) groups is 1. The van der Waals surface area contributed by atoms with Gasteiger partial charge < -0.3 is 5.32 Å². The summed E-state index contributed by atoms with van der Waals surface area (Å²) in [5.74, 6) is -0.647. The molecule has 0 aliphatic carbocycles. The molecule has 0 aliphatic heterocycles. The normalized spacial score (nSPS) is 10.4. The number of hydrogen-bond acceptors (Lipinski definition) is 3. The average Bonchev–Trinajstić information content (AvgIpc) is 2.80. The van der Waals surface area contributed by atoms with Crippen LogP contribution in [0.4, 0.5) is 4.39 Å². The third-order valence-corrected chi connectivity index (χ3v) is 5.14. The quantitative estimate of drug-likeness (QED) is 0.422. The molecule has 4 nitrogen and oxygen atoms in total. The summed E-state index contributed by atoms with van der Waals surface area (Å²) < 4.78 is 14.7. The minimum atomic E-state index is -0.340. The molecule has 5 heteroatoms. The predicted octanol–water partition coefficient (Wildman–Crippen LogP) is 6.35. The van der Waals surface area contributed by atoms with Crippen molar-refractivity contribution in [2.45, 2.75) is 27.7 Å². The second-order valence-corrected chi connectivity index (χ2v) is 6.94. The Labute approximate surface area is 183 Å². The number of hydrogen-bond donors (Lipinski definition) is 1. The van der Waals surface area contributed by atoms with Crippen molar-refractivity contribution in [3.05, 3.63) is 83.6 Å². The van der Waals surface area contributed by atoms with Crippen molar-refractivity contribution >= 4 is 16.8 Å². The Morgan fingerprint density at radius 2 is 1.68 bits per heavy atom. The fourth-order valence-electron chi connectivity index (χ4n) is 3.86. The van der Waals surface area contributed by atoms with Crippen molar-refractivity contribution in [3.63, 3.8) is 0 Å². The van der Waals surface area contributed by atoms with Crippen LogP contribution in [0.15, 0.2) is 60.9 Å². The van der Waals surface area contributed by atoms with Crippen molar-refractivity contribution in [3.8, 4) is 22.3 Å². The zero-order valence-corrected chi connectivity index (χ0v) is 18.5. The Balaban J connectivity index is 0.00000118. The van der Waals surface area contributed by atoms with E-state index in [1.54, 1.807) is 43.7 Å². The smallest absolute Gasteiger partial charge is 0.269 e. The number of aromatic nitrogens is 2. The molecule has 2 aromatic carbocycles. The van der Waals surface area contributed by atoms with Crippen LogP contribution in [0.3, 0.4) is 0 Å². The number of fused-ring (bicyclic) bond motifs is 1. The lowest BCUT2D eigenvalue weighted by Crippen LogP contribution is -2.19. The van der Waals surface area contributed by atoms with E-state index < -0.39 is 0 Å². The van der Waals surface area contributed by atoms with Gasteiger partial charge in [-0.3, -0.25) is 9.78 Å². The molecule has 31 heavy (non-hydrogen) atoms. The van der Waals surface area contributed by atoms with Gasteiger partial charge >= 0.3 is 0 Å². The van der Waals surface area contributed by atoms with Gasteiger partial charge in [-0.15, -0.1) is 0 Å². The highest BCUT2D eigenvalue weighted by atomic mass is 19.1. The highest BCUT2D eigenvalue weighted by molar-refractivity contribution is 6.05. The second kappa shape index (κ2) is 9.47. The largest absolute Gasteiger partial charge is 0.354 e. The fraction of sp³-hybridized carbons (Fsp3) is 0.192. The van der Waals surface area contributed by atoms with Gasteiger partial charge in [0, 0.05) is 31.8 Å². The van der Waals surface area contributed by atoms with Gasteiger partial charge in [-0.1, -0.05) is 32.0 Å². The predicted molar refractivity (Wildman–Crippen MR) is 127 cm³/mol. The Kier molecular flexibility index (Phi) is 6.75. The molecule has 0 fully saturated rings. The van der Waals surface area contributed by atoms with Gasteiger partial charge in [-0.25, -0.2) is 9.37 Å². The molecule has 4 rings (SSSR count). The van der Waals surface area contributed by atoms with E-state index >= 15 is 0 Å². The summed E-state index contributed by atoms with van der Waals surface area (Å²) in [6.07, 6.45) is 3.51. The molecule has 0 radical (unpaired) electrons. The van der Waals surface area contributed by atoms with Crippen molar-refractivity contribution in [2.24, 2.45) is 0 Å². The summed E-state index contributed by atoms with van der Waals surface area (Å²) in [5, 5.41) is 3.44. The first-order chi connectivity index (χ1) is 15.0. The van der Waals surface area contributed by atoms with E-state index in [-0.39, 0.29) is 18.8 Å². The number of carbonyl (C=O) groups excluding carboxylic acids is 1. The van der Waals surface area contributed by atoms with Crippen LogP contribution in [0.1, 0.15) is 36.9 Å². The van der Waals surface area contributed by atoms with Gasteiger partial charge in [0.2, 0.25) is 0 Å². The molecule has 2 aromatic heterocycles. The third kappa shape index (κ3) is 4.17. The van der Waals surface area contributed by atoms with Crippen LogP contribution in [0, 0.1) is 19.7 Å². The summed E-state index contributed by atoms with van der Waals surface area (Å²) in [6, 6.07) is 14.1. The van der Waals surface area contributed by atoms with Crippen LogP contribution in [-0.2, 0) is 0 Å². The molecular weight excluding hydrogens is 389 g/mol. The van der Waals surface area contributed by atoms with Crippen molar-refractivity contribution in [1.82, 2.24) is 15.3 Å². The van der Waals surface area contributed by atoms with Crippen LogP contribution >= 0.6 is 0 Å². The van der Waals surface area contributed by atoms with Gasteiger partial charge in [0.15, 0.2) is 0 Å². The maximum Gasteiger partial charge on any atom is 0.269 e. The molecule has 160 valence electrons. The lowest BCUT2D eigenvalue weighted by molar-refractivity contribution is 0.0958. The Morgan fingerprint density at radius 3 is 2.32 bits per heavy atom. The Morgan fingerprint density at radius 1 is 1.00 bits per heavy atom. The number of aryl methyl sites for hydroxylation is 2. The van der Waals surface area contributed by atoms with E-state index in [4.69, 9.17) is 0 Å². The minimum Gasteiger partial charge on any atom is -0.354 e. The fourth-order valence-corrected chi connectivity index (χ4v) is 3.86. The van der Waals surface area contributed by atoms with Crippen LogP contribution < -0.4 is 5.32 Å². The standard InChI is InChI=1S/C24H20FN3O.C2H6.H2/c1-14-12-20-23(15(2)22(14)16-8-10-27-11-9-16)18(13-21(28-20)24(29)26-3)17-6-4-5-7-19(17)25;1-2;/h4-13H,1-3H3,(H,26,29);1-2H3;1H. The Hall–Kier alpha value is -3.60. The molecular formula is C26H28FN3O. The van der Waals surface area contributed by atoms with Crippen molar-refractivity contribution < 1.29 is 10.6 Å². The van der Waals surface area contributed by atoms with Crippen LogP contribution in [0.2, 0.25) is 0 Å². The van der Waals surface area contributed by atoms with E-state index in [0.29, 0.717) is 16.6 Å². The van der Waals surface area contributed by atoms with Crippen molar-refractivity contribution in [2.75, 3.05) is 7.05 Å². The monoisotopic (exact) mass is 417 g/mol. The van der Waals surface area contributed by atoms with Crippen LogP contribution in [-0.4, -0.2) is 22.9 Å². The minimum absolute atomic E-state index is 0. The molecule has 0 aliphatic rings. The summed E-state index contributed by atoms with van der Waals surface area (Å²) in [4.78, 5) is 21.0. The van der Waals surface area contributed by atoms with Gasteiger partial charge in [-0.05, 0) is 72.0 Å². The molecule has 0 saturated carbocycles. The van der Waals surface area contributed by atoms with E-state index in [9.17, 15) is 9.18 Å². The van der Waals surface area contributed by atoms with Gasteiger partial charge in [0.1, 0.15) is 11.5 Å². The van der Waals surface area contributed by atoms with E-state index in [1.807, 2.05) is 45.9 Å². The second-order valence-electron chi connectivity index (χ2n) is 6.94. The lowest BCUT2D eigenvalue weighted by Gasteiger charge is -2.17. The number of pyridine rings is 2. The number of rotatable bonds is 3. The van der Waals surface area contributed by atoms with Gasteiger partial charge in [0.05, 0.1) is 5.52 Å². The molecule has 0 unspecified atom stereocenters. The maximum atomic E-state index is 14.7. The lowest BCUT2D eigenvalue weighted by atomic mass is 9.89. The zero-order chi connectivity index (χ0) is 22.5. The molecule has 1 N–H and O–H groups in total. The number of halogens is 1. The first-order valence-electron chi connectivity index (χ1n) is 10.3. The maximum absolute atomic E-state index is 14.7. The molecule has 0 spiro atoms. The molecule has 2 heterocycles. The topological polar surface area (TPSA) is 54.9 Å². The van der Waals surface area contributed by atoms with Gasteiger partial charge in [-0.2, -0.15) is 0 Å². The zero-order valence-electron chi connectivity index (χ0n) is 18.5. The number of benzene rings is 2. The Bertz CT molecular complexity index is 1240. The molecule has 0 saturated heterocycles. The summed E-state index contributed by atoms with van der Waals surface area (Å²) >= 11 is 0. The van der Waals surface area contributed by atoms with E-state index in [2.05, 4.69) is 15.3 Å². The first kappa shape index (κ1) is 22.1. The highest BCUT2D eigenvalue weighted by Gasteiger charge is 2.19. The number of nitrogens with one attached hydrogen (secondary N) is 1. The SMILES string of the molecule is CC.CNC(=O)c1cc(-c2ccccc2F)c2c(C)c(-c3ccncc3)c(C)cc2n1.[HH]. The summed E-state index contributed by atoms with van der Waals surface area (Å²) in [6.45, 7) is 8.02. The summed E-state index contributed by atoms with van der Waals surface area (Å²) in [5.41, 5.74) is 6.13. The third-order valence-electron chi connectivity index (χ3n) is 5.14. The average molecular weight is 418 g/mol. The van der Waals surface area contributed by atoms with Crippen molar-refractivity contribution in [1.29, 1.82) is 0 Å². The number of amides is 1. The highest BCUT2D eigenvalue weighted by Crippen LogP contribution is 2.38. The molecule has 4 aromatic rings. The van der Waals surface area contributed by atoms with Crippen LogP contribution in [0.5, 0.6) is 0 Å². The summed E-state index contributed by atoms with van der Waals surface area (Å²) in [7, 11) is 1.56.